The normalized spacial score (nSPS) is 11.6. The highest BCUT2D eigenvalue weighted by Crippen LogP contribution is 2.18. The van der Waals surface area contributed by atoms with Gasteiger partial charge in [0.05, 0.1) is 0 Å². The number of benzene rings is 1. The van der Waals surface area contributed by atoms with Gasteiger partial charge in [-0.25, -0.2) is 0 Å². The second kappa shape index (κ2) is 8.38. The lowest BCUT2D eigenvalue weighted by molar-refractivity contribution is 0.157. The summed E-state index contributed by atoms with van der Waals surface area (Å²) in [4.78, 5) is 3.07. The Morgan fingerprint density at radius 3 is 2.30 bits per heavy atom. The summed E-state index contributed by atoms with van der Waals surface area (Å²) in [5.74, 6) is 0.660. The molecular weight excluding hydrogens is 264 g/mol. The summed E-state index contributed by atoms with van der Waals surface area (Å²) in [7, 11) is 0. The average Bonchev–Trinajstić information content (AvgIpc) is 2.39. The molecule has 0 spiro atoms. The lowest BCUT2D eigenvalue weighted by Crippen LogP contribution is -2.37. The molecule has 0 aliphatic carbocycles. The molecule has 0 aliphatic heterocycles. The summed E-state index contributed by atoms with van der Waals surface area (Å²) >= 11 is 5.17. The van der Waals surface area contributed by atoms with Crippen LogP contribution in [0.2, 0.25) is 0 Å². The fourth-order valence-corrected chi connectivity index (χ4v) is 2.93. The van der Waals surface area contributed by atoms with Crippen LogP contribution in [0.25, 0.3) is 0 Å². The number of nitrogens with zero attached hydrogens (tertiary/aromatic N) is 1. The van der Waals surface area contributed by atoms with E-state index in [4.69, 9.17) is 18.0 Å². The molecule has 0 aromatic heterocycles. The van der Waals surface area contributed by atoms with E-state index < -0.39 is 0 Å². The molecule has 2 N–H and O–H groups in total. The molecule has 112 valence electrons. The van der Waals surface area contributed by atoms with Crippen LogP contribution in [0.5, 0.6) is 0 Å². The van der Waals surface area contributed by atoms with E-state index in [9.17, 15) is 0 Å². The minimum atomic E-state index is 0.495. The first-order valence-corrected chi connectivity index (χ1v) is 8.02. The molecule has 0 amide bonds. The highest BCUT2D eigenvalue weighted by Gasteiger charge is 2.18. The first-order valence-electron chi connectivity index (χ1n) is 7.61. The van der Waals surface area contributed by atoms with Crippen LogP contribution >= 0.6 is 12.2 Å². The number of hydrogen-bond acceptors (Lipinski definition) is 2. The van der Waals surface area contributed by atoms with Crippen molar-refractivity contribution in [2.24, 2.45) is 11.7 Å². The first kappa shape index (κ1) is 17.1. The Balaban J connectivity index is 2.97. The van der Waals surface area contributed by atoms with Gasteiger partial charge in [-0.15, -0.1) is 0 Å². The van der Waals surface area contributed by atoms with Crippen LogP contribution in [0.1, 0.15) is 51.7 Å². The molecule has 0 unspecified atom stereocenters. The summed E-state index contributed by atoms with van der Waals surface area (Å²) in [5.41, 5.74) is 8.10. The first-order chi connectivity index (χ1) is 9.49. The van der Waals surface area contributed by atoms with Crippen molar-refractivity contribution in [2.45, 2.75) is 53.1 Å². The fourth-order valence-electron chi connectivity index (χ4n) is 2.73. The minimum absolute atomic E-state index is 0.495. The predicted octanol–water partition coefficient (Wildman–Crippen LogP) is 3.97. The number of hydrogen-bond donors (Lipinski definition) is 1. The summed E-state index contributed by atoms with van der Waals surface area (Å²) in [6.45, 7) is 11.1. The van der Waals surface area contributed by atoms with Gasteiger partial charge in [0.2, 0.25) is 0 Å². The molecule has 0 radical (unpaired) electrons. The van der Waals surface area contributed by atoms with Gasteiger partial charge < -0.3 is 5.73 Å². The van der Waals surface area contributed by atoms with Crippen molar-refractivity contribution in [2.75, 3.05) is 6.54 Å². The molecule has 0 atom stereocenters. The van der Waals surface area contributed by atoms with Crippen molar-refractivity contribution in [1.82, 2.24) is 4.90 Å². The quantitative estimate of drug-likeness (QED) is 0.735. The lowest BCUT2D eigenvalue weighted by atomic mass is 10.0. The largest absolute Gasteiger partial charge is 0.389 e. The molecule has 1 aromatic rings. The molecule has 0 saturated carbocycles. The SMILES string of the molecule is CCC(CC)N(Cc1ccccc1C(N)=S)CC(C)C. The fraction of sp³-hybridized carbons (Fsp3) is 0.588. The molecule has 1 aromatic carbocycles. The Morgan fingerprint density at radius 1 is 1.20 bits per heavy atom. The summed E-state index contributed by atoms with van der Waals surface area (Å²) < 4.78 is 0. The second-order valence-electron chi connectivity index (χ2n) is 5.82. The van der Waals surface area contributed by atoms with E-state index in [-0.39, 0.29) is 0 Å². The van der Waals surface area contributed by atoms with Gasteiger partial charge in [-0.3, -0.25) is 4.90 Å². The van der Waals surface area contributed by atoms with Crippen LogP contribution in [-0.4, -0.2) is 22.5 Å². The van der Waals surface area contributed by atoms with Gasteiger partial charge in [0.25, 0.3) is 0 Å². The topological polar surface area (TPSA) is 29.3 Å². The highest BCUT2D eigenvalue weighted by molar-refractivity contribution is 7.80. The monoisotopic (exact) mass is 292 g/mol. The molecule has 0 bridgehead atoms. The van der Waals surface area contributed by atoms with E-state index in [1.165, 1.54) is 18.4 Å². The van der Waals surface area contributed by atoms with Gasteiger partial charge in [-0.05, 0) is 24.3 Å². The average molecular weight is 292 g/mol. The third-order valence-corrected chi connectivity index (χ3v) is 3.93. The van der Waals surface area contributed by atoms with E-state index in [0.29, 0.717) is 16.9 Å². The predicted molar refractivity (Wildman–Crippen MR) is 91.9 cm³/mol. The van der Waals surface area contributed by atoms with E-state index in [1.54, 1.807) is 0 Å². The molecule has 3 heteroatoms. The molecule has 0 fully saturated rings. The summed E-state index contributed by atoms with van der Waals surface area (Å²) in [6.07, 6.45) is 2.36. The maximum Gasteiger partial charge on any atom is 0.104 e. The van der Waals surface area contributed by atoms with Crippen molar-refractivity contribution >= 4 is 17.2 Å². The number of nitrogens with two attached hydrogens (primary N) is 1. The maximum absolute atomic E-state index is 5.85. The Labute approximate surface area is 129 Å². The van der Waals surface area contributed by atoms with Gasteiger partial charge in [0.1, 0.15) is 4.99 Å². The van der Waals surface area contributed by atoms with Crippen molar-refractivity contribution in [3.63, 3.8) is 0 Å². The highest BCUT2D eigenvalue weighted by atomic mass is 32.1. The van der Waals surface area contributed by atoms with Gasteiger partial charge in [0.15, 0.2) is 0 Å². The molecule has 0 aliphatic rings. The standard InChI is InChI=1S/C17H28N2S/c1-5-15(6-2)19(11-13(3)4)12-14-9-7-8-10-16(14)17(18)20/h7-10,13,15H,5-6,11-12H2,1-4H3,(H2,18,20). The number of thiocarbonyl (C=S) groups is 1. The molecule has 0 saturated heterocycles. The molecule has 0 heterocycles. The smallest absolute Gasteiger partial charge is 0.104 e. The number of rotatable bonds is 8. The van der Waals surface area contributed by atoms with Crippen molar-refractivity contribution in [3.8, 4) is 0 Å². The van der Waals surface area contributed by atoms with Crippen LogP contribution < -0.4 is 5.73 Å². The summed E-state index contributed by atoms with van der Waals surface area (Å²) in [5, 5.41) is 0. The van der Waals surface area contributed by atoms with E-state index in [0.717, 1.165) is 18.7 Å². The van der Waals surface area contributed by atoms with Gasteiger partial charge >= 0.3 is 0 Å². The Hall–Kier alpha value is -0.930. The maximum atomic E-state index is 5.85. The molecule has 20 heavy (non-hydrogen) atoms. The van der Waals surface area contributed by atoms with E-state index in [2.05, 4.69) is 44.7 Å². The molecular formula is C17H28N2S. The van der Waals surface area contributed by atoms with Crippen LogP contribution in [0.3, 0.4) is 0 Å². The summed E-state index contributed by atoms with van der Waals surface area (Å²) in [6, 6.07) is 8.86. The minimum Gasteiger partial charge on any atom is -0.389 e. The van der Waals surface area contributed by atoms with Crippen molar-refractivity contribution in [1.29, 1.82) is 0 Å². The van der Waals surface area contributed by atoms with Crippen molar-refractivity contribution in [3.05, 3.63) is 35.4 Å². The third kappa shape index (κ3) is 4.88. The van der Waals surface area contributed by atoms with Gasteiger partial charge in [0, 0.05) is 24.7 Å². The zero-order chi connectivity index (χ0) is 15.1. The van der Waals surface area contributed by atoms with Gasteiger partial charge in [-0.1, -0.05) is 64.2 Å². The Morgan fingerprint density at radius 2 is 1.80 bits per heavy atom. The molecule has 1 rings (SSSR count). The van der Waals surface area contributed by atoms with Gasteiger partial charge in [-0.2, -0.15) is 0 Å². The van der Waals surface area contributed by atoms with Crippen LogP contribution in [0.4, 0.5) is 0 Å². The zero-order valence-electron chi connectivity index (χ0n) is 13.2. The third-order valence-electron chi connectivity index (χ3n) is 3.71. The molecule has 2 nitrogen and oxygen atoms in total. The zero-order valence-corrected chi connectivity index (χ0v) is 14.0. The Bertz CT molecular complexity index is 425. The lowest BCUT2D eigenvalue weighted by Gasteiger charge is -2.32. The van der Waals surface area contributed by atoms with E-state index >= 15 is 0 Å². The second-order valence-corrected chi connectivity index (χ2v) is 6.25. The van der Waals surface area contributed by atoms with Crippen LogP contribution in [0.15, 0.2) is 24.3 Å². The van der Waals surface area contributed by atoms with E-state index in [1.807, 2.05) is 12.1 Å². The van der Waals surface area contributed by atoms with Crippen molar-refractivity contribution < 1.29 is 0 Å². The van der Waals surface area contributed by atoms with Crippen LogP contribution in [0, 0.1) is 5.92 Å². The Kier molecular flexibility index (Phi) is 7.17. The van der Waals surface area contributed by atoms with Crippen LogP contribution in [-0.2, 0) is 6.54 Å².